The Kier molecular flexibility index (Phi) is 2.58. The quantitative estimate of drug-likeness (QED) is 0.775. The van der Waals surface area contributed by atoms with Crippen LogP contribution >= 0.6 is 10.7 Å². The normalized spacial score (nSPS) is 11.7. The van der Waals surface area contributed by atoms with Crippen molar-refractivity contribution in [2.24, 2.45) is 0 Å². The van der Waals surface area contributed by atoms with Crippen LogP contribution in [0.4, 0.5) is 0 Å². The average molecular weight is 224 g/mol. The molecule has 0 bridgehead atoms. The van der Waals surface area contributed by atoms with E-state index in [2.05, 4.69) is 4.98 Å². The molecule has 0 saturated carbocycles. The molecule has 0 aliphatic rings. The first kappa shape index (κ1) is 10.4. The summed E-state index contributed by atoms with van der Waals surface area (Å²) in [6.07, 6.45) is 0. The topological polar surface area (TPSA) is 59.2 Å². The molecule has 1 heterocycles. The molecule has 0 fully saturated rings. The number of ether oxygens (including phenoxy) is 1. The summed E-state index contributed by atoms with van der Waals surface area (Å²) in [6.45, 7) is 3.27. The van der Waals surface area contributed by atoms with Crippen molar-refractivity contribution in [3.63, 3.8) is 0 Å². The van der Waals surface area contributed by atoms with Crippen LogP contribution in [0.2, 0.25) is 0 Å². The lowest BCUT2D eigenvalue weighted by molar-refractivity contribution is 0.396. The average Bonchev–Trinajstić information content (AvgIpc) is 2.24. The molecule has 13 heavy (non-hydrogen) atoms. The molecule has 6 heteroatoms. The van der Waals surface area contributed by atoms with Gasteiger partial charge in [0, 0.05) is 21.9 Å². The van der Waals surface area contributed by atoms with Crippen LogP contribution in [-0.4, -0.2) is 20.5 Å². The van der Waals surface area contributed by atoms with E-state index in [4.69, 9.17) is 15.4 Å². The zero-order valence-corrected chi connectivity index (χ0v) is 9.08. The molecule has 0 aliphatic carbocycles. The Bertz CT molecular complexity index is 421. The minimum Gasteiger partial charge on any atom is -0.482 e. The first-order valence-electron chi connectivity index (χ1n) is 3.55. The van der Waals surface area contributed by atoms with E-state index in [0.29, 0.717) is 17.1 Å². The van der Waals surface area contributed by atoms with Gasteiger partial charge in [-0.1, -0.05) is 0 Å². The van der Waals surface area contributed by atoms with Gasteiger partial charge < -0.3 is 9.72 Å². The molecule has 74 valence electrons. The van der Waals surface area contributed by atoms with Crippen LogP contribution in [0.1, 0.15) is 11.3 Å². The Morgan fingerprint density at radius 2 is 1.92 bits per heavy atom. The van der Waals surface area contributed by atoms with Gasteiger partial charge in [-0.2, -0.15) is 0 Å². The summed E-state index contributed by atoms with van der Waals surface area (Å²) in [5.74, 6) is 0.428. The molecule has 0 unspecified atom stereocenters. The second-order valence-corrected chi connectivity index (χ2v) is 5.18. The number of methoxy groups -OCH3 is 1. The van der Waals surface area contributed by atoms with E-state index in [1.807, 2.05) is 0 Å². The van der Waals surface area contributed by atoms with E-state index in [9.17, 15) is 8.42 Å². The number of halogens is 1. The van der Waals surface area contributed by atoms with Crippen molar-refractivity contribution in [1.29, 1.82) is 0 Å². The highest BCUT2D eigenvalue weighted by Gasteiger charge is 2.21. The van der Waals surface area contributed by atoms with Gasteiger partial charge in [-0.15, -0.1) is 0 Å². The highest BCUT2D eigenvalue weighted by molar-refractivity contribution is 8.13. The Balaban J connectivity index is 3.47. The number of hydrogen-bond acceptors (Lipinski definition) is 3. The van der Waals surface area contributed by atoms with Crippen LogP contribution < -0.4 is 4.74 Å². The first-order valence-corrected chi connectivity index (χ1v) is 5.86. The maximum atomic E-state index is 11.1. The summed E-state index contributed by atoms with van der Waals surface area (Å²) in [6, 6.07) is 0. The standard InChI is InChI=1S/C7H10ClNO3S/c1-4-6(13(8,10)11)5(2)9-7(4)12-3/h9H,1-3H3. The molecule has 0 radical (unpaired) electrons. The third-order valence-corrected chi connectivity index (χ3v) is 3.33. The molecular formula is C7H10ClNO3S. The van der Waals surface area contributed by atoms with Crippen LogP contribution in [0.15, 0.2) is 4.90 Å². The summed E-state index contributed by atoms with van der Waals surface area (Å²) < 4.78 is 27.1. The third-order valence-electron chi connectivity index (χ3n) is 1.77. The maximum Gasteiger partial charge on any atom is 0.263 e. The number of H-pyrrole nitrogens is 1. The summed E-state index contributed by atoms with van der Waals surface area (Å²) in [5.41, 5.74) is 0.999. The van der Waals surface area contributed by atoms with Crippen LogP contribution in [0.3, 0.4) is 0 Å². The van der Waals surface area contributed by atoms with Gasteiger partial charge in [-0.3, -0.25) is 0 Å². The van der Waals surface area contributed by atoms with Crippen molar-refractivity contribution in [3.05, 3.63) is 11.3 Å². The zero-order chi connectivity index (χ0) is 10.2. The van der Waals surface area contributed by atoms with Crippen molar-refractivity contribution >= 4 is 19.7 Å². The molecule has 1 N–H and O–H groups in total. The van der Waals surface area contributed by atoms with Gasteiger partial charge in [0.05, 0.1) is 7.11 Å². The highest BCUT2D eigenvalue weighted by atomic mass is 35.7. The lowest BCUT2D eigenvalue weighted by Crippen LogP contribution is -1.93. The summed E-state index contributed by atoms with van der Waals surface area (Å²) in [4.78, 5) is 2.89. The third kappa shape index (κ3) is 1.81. The fourth-order valence-corrected chi connectivity index (χ4v) is 2.84. The van der Waals surface area contributed by atoms with E-state index < -0.39 is 9.05 Å². The van der Waals surface area contributed by atoms with E-state index in [1.165, 1.54) is 7.11 Å². The first-order chi connectivity index (χ1) is 5.88. The number of hydrogen-bond donors (Lipinski definition) is 1. The molecule has 0 amide bonds. The molecule has 0 saturated heterocycles. The van der Waals surface area contributed by atoms with Crippen molar-refractivity contribution in [2.75, 3.05) is 7.11 Å². The predicted octanol–water partition coefficient (Wildman–Crippen LogP) is 1.57. The van der Waals surface area contributed by atoms with Gasteiger partial charge in [0.25, 0.3) is 9.05 Å². The number of nitrogens with one attached hydrogen (secondary N) is 1. The molecule has 1 rings (SSSR count). The Morgan fingerprint density at radius 1 is 1.38 bits per heavy atom. The van der Waals surface area contributed by atoms with Gasteiger partial charge in [0.1, 0.15) is 4.90 Å². The number of rotatable bonds is 2. The monoisotopic (exact) mass is 223 g/mol. The molecule has 4 nitrogen and oxygen atoms in total. The maximum absolute atomic E-state index is 11.1. The number of aromatic amines is 1. The molecule has 1 aromatic rings. The molecule has 0 aliphatic heterocycles. The SMILES string of the molecule is COc1[nH]c(C)c(S(=O)(=O)Cl)c1C. The van der Waals surface area contributed by atoms with Gasteiger partial charge >= 0.3 is 0 Å². The van der Waals surface area contributed by atoms with Gasteiger partial charge in [-0.05, 0) is 13.8 Å². The van der Waals surface area contributed by atoms with Crippen LogP contribution in [-0.2, 0) is 9.05 Å². The van der Waals surface area contributed by atoms with Gasteiger partial charge in [0.15, 0.2) is 5.88 Å². The number of aromatic nitrogens is 1. The Morgan fingerprint density at radius 3 is 2.15 bits per heavy atom. The van der Waals surface area contributed by atoms with E-state index in [0.717, 1.165) is 0 Å². The minimum atomic E-state index is -3.69. The molecular weight excluding hydrogens is 214 g/mol. The van der Waals surface area contributed by atoms with Crippen LogP contribution in [0.5, 0.6) is 5.88 Å². The summed E-state index contributed by atoms with van der Waals surface area (Å²) in [5, 5.41) is 0. The van der Waals surface area contributed by atoms with Crippen LogP contribution in [0.25, 0.3) is 0 Å². The van der Waals surface area contributed by atoms with Crippen molar-refractivity contribution in [1.82, 2.24) is 4.98 Å². The second-order valence-electron chi connectivity index (χ2n) is 2.68. The van der Waals surface area contributed by atoms with Crippen molar-refractivity contribution < 1.29 is 13.2 Å². The smallest absolute Gasteiger partial charge is 0.263 e. The fraction of sp³-hybridized carbons (Fsp3) is 0.429. The minimum absolute atomic E-state index is 0.103. The van der Waals surface area contributed by atoms with Crippen LogP contribution in [0, 0.1) is 13.8 Å². The van der Waals surface area contributed by atoms with E-state index >= 15 is 0 Å². The highest BCUT2D eigenvalue weighted by Crippen LogP contribution is 2.30. The van der Waals surface area contributed by atoms with Crippen molar-refractivity contribution in [3.8, 4) is 5.88 Å². The summed E-state index contributed by atoms with van der Waals surface area (Å²) in [7, 11) is 3.00. The Hall–Kier alpha value is -0.680. The molecule has 1 aromatic heterocycles. The molecule has 0 aromatic carbocycles. The lowest BCUT2D eigenvalue weighted by Gasteiger charge is -1.96. The predicted molar refractivity (Wildman–Crippen MR) is 49.9 cm³/mol. The molecule has 0 atom stereocenters. The fourth-order valence-electron chi connectivity index (χ4n) is 1.28. The lowest BCUT2D eigenvalue weighted by atomic mass is 10.3. The van der Waals surface area contributed by atoms with E-state index in [-0.39, 0.29) is 4.90 Å². The number of aryl methyl sites for hydroxylation is 1. The van der Waals surface area contributed by atoms with Gasteiger partial charge in [-0.25, -0.2) is 8.42 Å². The van der Waals surface area contributed by atoms with Gasteiger partial charge in [0.2, 0.25) is 0 Å². The summed E-state index contributed by atoms with van der Waals surface area (Å²) >= 11 is 0. The van der Waals surface area contributed by atoms with Crippen molar-refractivity contribution in [2.45, 2.75) is 18.7 Å². The Labute approximate surface area is 81.3 Å². The van der Waals surface area contributed by atoms with E-state index in [1.54, 1.807) is 13.8 Å². The second kappa shape index (κ2) is 3.23. The zero-order valence-electron chi connectivity index (χ0n) is 7.51. The molecule has 0 spiro atoms. The largest absolute Gasteiger partial charge is 0.482 e.